The molecule has 140 valence electrons. The van der Waals surface area contributed by atoms with Crippen molar-refractivity contribution < 1.29 is 19.2 Å². The number of carboxylic acid groups (broad SMARTS) is 1. The number of hydrogen-bond acceptors (Lipinski definition) is 7. The summed E-state index contributed by atoms with van der Waals surface area (Å²) in [5.74, 6) is 0.181. The van der Waals surface area contributed by atoms with Crippen molar-refractivity contribution in [3.05, 3.63) is 59.6 Å². The SMILES string of the molecule is COc1ccc(C)cc1[C@H](C(=O)O)N(C)Cc1nc(-c2ccccn2)no1. The van der Waals surface area contributed by atoms with Gasteiger partial charge in [-0.15, -0.1) is 0 Å². The Hall–Kier alpha value is -3.26. The molecule has 8 nitrogen and oxygen atoms in total. The lowest BCUT2D eigenvalue weighted by Crippen LogP contribution is -2.31. The molecule has 1 N–H and O–H groups in total. The number of aliphatic carboxylic acids is 1. The number of aryl methyl sites for hydroxylation is 1. The minimum absolute atomic E-state index is 0.161. The molecule has 3 rings (SSSR count). The Bertz CT molecular complexity index is 926. The Morgan fingerprint density at radius 1 is 1.33 bits per heavy atom. The zero-order valence-corrected chi connectivity index (χ0v) is 15.3. The van der Waals surface area contributed by atoms with Gasteiger partial charge in [0.15, 0.2) is 0 Å². The van der Waals surface area contributed by atoms with Crippen molar-refractivity contribution in [2.45, 2.75) is 19.5 Å². The lowest BCUT2D eigenvalue weighted by atomic mass is 10.0. The quantitative estimate of drug-likeness (QED) is 0.679. The number of carboxylic acids is 1. The first-order valence-corrected chi connectivity index (χ1v) is 8.31. The van der Waals surface area contributed by atoms with E-state index in [0.717, 1.165) is 5.56 Å². The number of pyridine rings is 1. The number of rotatable bonds is 7. The highest BCUT2D eigenvalue weighted by molar-refractivity contribution is 5.76. The smallest absolute Gasteiger partial charge is 0.325 e. The highest BCUT2D eigenvalue weighted by atomic mass is 16.5. The molecule has 2 aromatic heterocycles. The highest BCUT2D eigenvalue weighted by Gasteiger charge is 2.29. The Kier molecular flexibility index (Phi) is 5.46. The van der Waals surface area contributed by atoms with Crippen LogP contribution in [0.5, 0.6) is 5.75 Å². The van der Waals surface area contributed by atoms with Crippen molar-refractivity contribution in [2.75, 3.05) is 14.2 Å². The molecular weight excluding hydrogens is 348 g/mol. The maximum absolute atomic E-state index is 12.0. The molecule has 1 atom stereocenters. The third-order valence-corrected chi connectivity index (χ3v) is 4.10. The van der Waals surface area contributed by atoms with Crippen LogP contribution in [0.1, 0.15) is 23.1 Å². The van der Waals surface area contributed by atoms with Crippen molar-refractivity contribution in [3.63, 3.8) is 0 Å². The molecule has 0 radical (unpaired) electrons. The number of likely N-dealkylation sites (N-methyl/N-ethyl adjacent to an activating group) is 1. The van der Waals surface area contributed by atoms with E-state index in [9.17, 15) is 9.90 Å². The van der Waals surface area contributed by atoms with Crippen LogP contribution < -0.4 is 4.74 Å². The second-order valence-corrected chi connectivity index (χ2v) is 6.13. The summed E-state index contributed by atoms with van der Waals surface area (Å²) in [7, 11) is 3.20. The Morgan fingerprint density at radius 2 is 2.15 bits per heavy atom. The van der Waals surface area contributed by atoms with Crippen molar-refractivity contribution in [1.29, 1.82) is 0 Å². The first-order valence-electron chi connectivity index (χ1n) is 8.31. The van der Waals surface area contributed by atoms with Crippen molar-refractivity contribution in [2.24, 2.45) is 0 Å². The number of carbonyl (C=O) groups is 1. The van der Waals surface area contributed by atoms with E-state index in [0.29, 0.717) is 28.7 Å². The van der Waals surface area contributed by atoms with Gasteiger partial charge >= 0.3 is 5.97 Å². The summed E-state index contributed by atoms with van der Waals surface area (Å²) in [6.45, 7) is 2.06. The standard InChI is InChI=1S/C19H20N4O4/c1-12-7-8-15(26-3)13(10-12)17(19(24)25)23(2)11-16-21-18(22-27-16)14-6-4-5-9-20-14/h4-10,17H,11H2,1-3H3,(H,24,25)/t17-/m1/s1. The summed E-state index contributed by atoms with van der Waals surface area (Å²) in [6, 6.07) is 9.92. The fourth-order valence-electron chi connectivity index (χ4n) is 2.85. The van der Waals surface area contributed by atoms with E-state index in [1.54, 1.807) is 42.4 Å². The summed E-state index contributed by atoms with van der Waals surface area (Å²) in [5, 5.41) is 13.7. The second kappa shape index (κ2) is 7.96. The third kappa shape index (κ3) is 4.12. The number of nitrogens with zero attached hydrogens (tertiary/aromatic N) is 4. The molecular formula is C19H20N4O4. The van der Waals surface area contributed by atoms with Crippen LogP contribution in [-0.4, -0.2) is 45.3 Å². The maximum atomic E-state index is 12.0. The molecule has 8 heteroatoms. The van der Waals surface area contributed by atoms with E-state index in [1.165, 1.54) is 7.11 Å². The summed E-state index contributed by atoms with van der Waals surface area (Å²) in [6.07, 6.45) is 1.64. The zero-order valence-electron chi connectivity index (χ0n) is 15.3. The van der Waals surface area contributed by atoms with Gasteiger partial charge in [0.25, 0.3) is 0 Å². The van der Waals surface area contributed by atoms with Gasteiger partial charge in [0, 0.05) is 11.8 Å². The Morgan fingerprint density at radius 3 is 2.81 bits per heavy atom. The molecule has 0 aliphatic rings. The number of ether oxygens (including phenoxy) is 1. The topological polar surface area (TPSA) is 102 Å². The summed E-state index contributed by atoms with van der Waals surface area (Å²) >= 11 is 0. The largest absolute Gasteiger partial charge is 0.496 e. The average molecular weight is 368 g/mol. The lowest BCUT2D eigenvalue weighted by Gasteiger charge is -2.25. The van der Waals surface area contributed by atoms with Crippen LogP contribution in [0.15, 0.2) is 47.1 Å². The predicted molar refractivity (Wildman–Crippen MR) is 97.1 cm³/mol. The first-order chi connectivity index (χ1) is 13.0. The van der Waals surface area contributed by atoms with Gasteiger partial charge < -0.3 is 14.4 Å². The number of aromatic nitrogens is 3. The van der Waals surface area contributed by atoms with Gasteiger partial charge in [-0.25, -0.2) is 0 Å². The molecule has 0 unspecified atom stereocenters. The van der Waals surface area contributed by atoms with Crippen molar-refractivity contribution >= 4 is 5.97 Å². The van der Waals surface area contributed by atoms with E-state index in [4.69, 9.17) is 9.26 Å². The first kappa shape index (κ1) is 18.5. The Labute approximate surface area is 156 Å². The summed E-state index contributed by atoms with van der Waals surface area (Å²) in [4.78, 5) is 22.1. The van der Waals surface area contributed by atoms with E-state index >= 15 is 0 Å². The van der Waals surface area contributed by atoms with Gasteiger partial charge in [-0.2, -0.15) is 4.98 Å². The number of hydrogen-bond donors (Lipinski definition) is 1. The van der Waals surface area contributed by atoms with Gasteiger partial charge in [0.2, 0.25) is 11.7 Å². The molecule has 1 aromatic carbocycles. The van der Waals surface area contributed by atoms with Crippen LogP contribution in [0.4, 0.5) is 0 Å². The van der Waals surface area contributed by atoms with Gasteiger partial charge in [-0.1, -0.05) is 28.9 Å². The van der Waals surface area contributed by atoms with Crippen LogP contribution in [0.2, 0.25) is 0 Å². The molecule has 0 aliphatic heterocycles. The predicted octanol–water partition coefficient (Wildman–Crippen LogP) is 2.71. The van der Waals surface area contributed by atoms with E-state index < -0.39 is 12.0 Å². The Balaban J connectivity index is 1.85. The lowest BCUT2D eigenvalue weighted by molar-refractivity contribution is -0.143. The molecule has 2 heterocycles. The maximum Gasteiger partial charge on any atom is 0.325 e. The molecule has 0 spiro atoms. The molecule has 0 bridgehead atoms. The molecule has 0 saturated carbocycles. The van der Waals surface area contributed by atoms with Gasteiger partial charge in [-0.05, 0) is 32.2 Å². The number of benzene rings is 1. The van der Waals surface area contributed by atoms with Crippen LogP contribution >= 0.6 is 0 Å². The fourth-order valence-corrected chi connectivity index (χ4v) is 2.85. The normalized spacial score (nSPS) is 12.1. The van der Waals surface area contributed by atoms with Crippen LogP contribution in [0.25, 0.3) is 11.5 Å². The van der Waals surface area contributed by atoms with E-state index in [1.807, 2.05) is 19.1 Å². The molecule has 0 saturated heterocycles. The van der Waals surface area contributed by atoms with Crippen molar-refractivity contribution in [3.8, 4) is 17.3 Å². The van der Waals surface area contributed by atoms with E-state index in [2.05, 4.69) is 15.1 Å². The monoisotopic (exact) mass is 368 g/mol. The van der Waals surface area contributed by atoms with Gasteiger partial charge in [0.05, 0.1) is 13.7 Å². The molecule has 0 amide bonds. The minimum Gasteiger partial charge on any atom is -0.496 e. The zero-order chi connectivity index (χ0) is 19.4. The summed E-state index contributed by atoms with van der Waals surface area (Å²) in [5.41, 5.74) is 2.10. The fraction of sp³-hybridized carbons (Fsp3) is 0.263. The van der Waals surface area contributed by atoms with Crippen LogP contribution in [-0.2, 0) is 11.3 Å². The van der Waals surface area contributed by atoms with Gasteiger partial charge in [-0.3, -0.25) is 14.7 Å². The average Bonchev–Trinajstić information content (AvgIpc) is 3.11. The highest BCUT2D eigenvalue weighted by Crippen LogP contribution is 2.31. The minimum atomic E-state index is -0.995. The second-order valence-electron chi connectivity index (χ2n) is 6.13. The van der Waals surface area contributed by atoms with Gasteiger partial charge in [0.1, 0.15) is 17.5 Å². The molecule has 0 aliphatic carbocycles. The summed E-state index contributed by atoms with van der Waals surface area (Å²) < 4.78 is 10.6. The van der Waals surface area contributed by atoms with Crippen molar-refractivity contribution in [1.82, 2.24) is 20.0 Å². The molecule has 0 fully saturated rings. The third-order valence-electron chi connectivity index (χ3n) is 4.10. The van der Waals surface area contributed by atoms with Crippen LogP contribution in [0.3, 0.4) is 0 Å². The van der Waals surface area contributed by atoms with Crippen LogP contribution in [0, 0.1) is 6.92 Å². The van der Waals surface area contributed by atoms with E-state index in [-0.39, 0.29) is 6.54 Å². The number of methoxy groups -OCH3 is 1. The molecule has 27 heavy (non-hydrogen) atoms. The molecule has 3 aromatic rings.